The summed E-state index contributed by atoms with van der Waals surface area (Å²) in [5.74, 6) is 3.47. The molecule has 0 unspecified atom stereocenters. The molecule has 2 atom stereocenters. The van der Waals surface area contributed by atoms with Gasteiger partial charge in [-0.15, -0.1) is 0 Å². The van der Waals surface area contributed by atoms with Crippen molar-refractivity contribution in [3.05, 3.63) is 203 Å². The number of rotatable bonds is 4. The van der Waals surface area contributed by atoms with Crippen LogP contribution in [-0.4, -0.2) is 36.2 Å². The zero-order valence-electron chi connectivity index (χ0n) is 32.5. The van der Waals surface area contributed by atoms with Crippen molar-refractivity contribution in [2.24, 2.45) is 0 Å². The van der Waals surface area contributed by atoms with Gasteiger partial charge in [-0.1, -0.05) is 133 Å². The van der Waals surface area contributed by atoms with Crippen LogP contribution in [0.1, 0.15) is 59.3 Å². The molecule has 0 aliphatic carbocycles. The zero-order chi connectivity index (χ0) is 38.4. The summed E-state index contributed by atoms with van der Waals surface area (Å²) in [6.07, 6.45) is 4.08. The molecular formula is C50H52N2O4. The van der Waals surface area contributed by atoms with Crippen molar-refractivity contribution < 1.29 is 18.9 Å². The van der Waals surface area contributed by atoms with E-state index in [0.717, 1.165) is 45.3 Å². The van der Waals surface area contributed by atoms with E-state index in [1.165, 1.54) is 11.1 Å². The molecule has 56 heavy (non-hydrogen) atoms. The first-order chi connectivity index (χ1) is 27.6. The second-order valence-electron chi connectivity index (χ2n) is 14.2. The molecule has 6 nitrogen and oxygen atoms in total. The monoisotopic (exact) mass is 744 g/mol. The average molecular weight is 745 g/mol. The van der Waals surface area contributed by atoms with Gasteiger partial charge in [0.1, 0.15) is 49.4 Å². The summed E-state index contributed by atoms with van der Waals surface area (Å²) < 4.78 is 25.8. The van der Waals surface area contributed by atoms with Crippen molar-refractivity contribution in [3.63, 3.8) is 0 Å². The van der Waals surface area contributed by atoms with Gasteiger partial charge in [0.25, 0.3) is 0 Å². The first kappa shape index (κ1) is 38.5. The van der Waals surface area contributed by atoms with Crippen LogP contribution in [0.2, 0.25) is 0 Å². The summed E-state index contributed by atoms with van der Waals surface area (Å²) in [5.41, 5.74) is 7.01. The van der Waals surface area contributed by atoms with Gasteiger partial charge < -0.3 is 18.9 Å². The molecule has 286 valence electrons. The van der Waals surface area contributed by atoms with E-state index in [1.54, 1.807) is 0 Å². The minimum Gasteiger partial charge on any atom is -0.490 e. The van der Waals surface area contributed by atoms with E-state index in [1.807, 2.05) is 36.4 Å². The molecule has 6 aromatic rings. The summed E-state index contributed by atoms with van der Waals surface area (Å²) in [6, 6.07) is 55.0. The van der Waals surface area contributed by atoms with Gasteiger partial charge in [-0.2, -0.15) is 0 Å². The highest BCUT2D eigenvalue weighted by Crippen LogP contribution is 2.32. The minimum atomic E-state index is 0.139. The molecule has 1 heterocycles. The number of hydrogen-bond acceptors (Lipinski definition) is 6. The molecular weight excluding hydrogens is 693 g/mol. The largest absolute Gasteiger partial charge is 0.490 e. The number of ether oxygens (including phenoxy) is 4. The molecule has 1 aliphatic rings. The SMILES string of the molecule is C[C@H](c1ccccc1)N1Cc2ccccc2OC/C=C\COc2ccccc2CN([C@H](C)c2ccccc2)Cc2ccccc2OCCOc2ccccc2C1. The van der Waals surface area contributed by atoms with E-state index in [-0.39, 0.29) is 12.1 Å². The Hall–Kier alpha value is -5.82. The van der Waals surface area contributed by atoms with Gasteiger partial charge in [0.2, 0.25) is 0 Å². The molecule has 0 saturated heterocycles. The summed E-state index contributed by atoms with van der Waals surface area (Å²) >= 11 is 0. The molecule has 0 fully saturated rings. The van der Waals surface area contributed by atoms with E-state index in [2.05, 4.69) is 157 Å². The minimum absolute atomic E-state index is 0.139. The number of hydrogen-bond donors (Lipinski definition) is 0. The van der Waals surface area contributed by atoms with Crippen molar-refractivity contribution in [2.45, 2.75) is 52.1 Å². The van der Waals surface area contributed by atoms with E-state index < -0.39 is 0 Å². The average Bonchev–Trinajstić information content (AvgIpc) is 3.25. The number of nitrogens with zero attached hydrogens (tertiary/aromatic N) is 2. The Morgan fingerprint density at radius 3 is 0.982 bits per heavy atom. The van der Waals surface area contributed by atoms with Gasteiger partial charge in [-0.25, -0.2) is 0 Å². The predicted octanol–water partition coefficient (Wildman–Crippen LogP) is 11.0. The maximum Gasteiger partial charge on any atom is 0.124 e. The maximum absolute atomic E-state index is 6.49. The Kier molecular flexibility index (Phi) is 13.5. The van der Waals surface area contributed by atoms with Crippen molar-refractivity contribution in [2.75, 3.05) is 26.4 Å². The first-order valence-electron chi connectivity index (χ1n) is 19.7. The zero-order valence-corrected chi connectivity index (χ0v) is 32.5. The van der Waals surface area contributed by atoms with Crippen molar-refractivity contribution in [1.82, 2.24) is 9.80 Å². The molecule has 0 bridgehead atoms. The lowest BCUT2D eigenvalue weighted by atomic mass is 10.0. The molecule has 6 aromatic carbocycles. The molecule has 0 spiro atoms. The Bertz CT molecular complexity index is 1980. The molecule has 7 rings (SSSR count). The molecule has 0 aromatic heterocycles. The molecule has 0 N–H and O–H groups in total. The van der Waals surface area contributed by atoms with Crippen LogP contribution in [0.5, 0.6) is 23.0 Å². The van der Waals surface area contributed by atoms with Crippen molar-refractivity contribution >= 4 is 0 Å². The summed E-state index contributed by atoms with van der Waals surface area (Å²) in [7, 11) is 0. The normalized spacial score (nSPS) is 16.6. The van der Waals surface area contributed by atoms with E-state index >= 15 is 0 Å². The van der Waals surface area contributed by atoms with Crippen molar-refractivity contribution in [3.8, 4) is 23.0 Å². The Morgan fingerprint density at radius 1 is 0.357 bits per heavy atom. The quantitative estimate of drug-likeness (QED) is 0.168. The van der Waals surface area contributed by atoms with Crippen LogP contribution >= 0.6 is 0 Å². The maximum atomic E-state index is 6.49. The van der Waals surface area contributed by atoms with E-state index in [4.69, 9.17) is 18.9 Å². The van der Waals surface area contributed by atoms with Crippen LogP contribution in [0.25, 0.3) is 0 Å². The number of fused-ring (bicyclic) bond motifs is 4. The second kappa shape index (κ2) is 19.7. The fourth-order valence-electron chi connectivity index (χ4n) is 7.24. The number of para-hydroxylation sites is 4. The van der Waals surface area contributed by atoms with Crippen LogP contribution in [-0.2, 0) is 26.2 Å². The van der Waals surface area contributed by atoms with Gasteiger partial charge in [0, 0.05) is 60.5 Å². The third-order valence-electron chi connectivity index (χ3n) is 10.5. The van der Waals surface area contributed by atoms with Crippen molar-refractivity contribution in [1.29, 1.82) is 0 Å². The van der Waals surface area contributed by atoms with Crippen LogP contribution in [0.4, 0.5) is 0 Å². The third kappa shape index (κ3) is 10.3. The van der Waals surface area contributed by atoms with Gasteiger partial charge in [-0.05, 0) is 61.4 Å². The molecule has 1 aliphatic heterocycles. The van der Waals surface area contributed by atoms with Gasteiger partial charge in [0.15, 0.2) is 0 Å². The fourth-order valence-corrected chi connectivity index (χ4v) is 7.24. The highest BCUT2D eigenvalue weighted by molar-refractivity contribution is 5.38. The first-order valence-corrected chi connectivity index (χ1v) is 19.7. The lowest BCUT2D eigenvalue weighted by Crippen LogP contribution is -2.27. The Morgan fingerprint density at radius 2 is 0.643 bits per heavy atom. The van der Waals surface area contributed by atoms with Crippen LogP contribution in [0.15, 0.2) is 170 Å². The standard InChI is InChI=1S/C50H52N2O4/c1-39(41-19-5-3-6-20-41)51-35-43-23-9-13-27-47(43)53-31-17-18-32-54-48-28-14-10-24-44(48)36-52(40(2)42-21-7-4-8-22-42)38-46-26-12-16-30-50(46)56-34-33-55-49-29-15-11-25-45(49)37-51/h3-30,39-40H,31-38H2,1-2H3/b18-17-/t39-,40-/m1/s1. The predicted molar refractivity (Wildman–Crippen MR) is 225 cm³/mol. The topological polar surface area (TPSA) is 43.4 Å². The Balaban J connectivity index is 1.19. The molecule has 0 radical (unpaired) electrons. The third-order valence-corrected chi connectivity index (χ3v) is 10.5. The summed E-state index contributed by atoms with van der Waals surface area (Å²) in [5, 5.41) is 0. The van der Waals surface area contributed by atoms with Crippen LogP contribution in [0, 0.1) is 0 Å². The smallest absolute Gasteiger partial charge is 0.124 e. The van der Waals surface area contributed by atoms with E-state index in [0.29, 0.717) is 52.6 Å². The Labute approximate surface area is 332 Å². The summed E-state index contributed by atoms with van der Waals surface area (Å²) in [4.78, 5) is 4.96. The van der Waals surface area contributed by atoms with E-state index in [9.17, 15) is 0 Å². The lowest BCUT2D eigenvalue weighted by Gasteiger charge is -2.31. The van der Waals surface area contributed by atoms with Gasteiger partial charge >= 0.3 is 0 Å². The van der Waals surface area contributed by atoms with Gasteiger partial charge in [0.05, 0.1) is 0 Å². The van der Waals surface area contributed by atoms with Crippen LogP contribution in [0.3, 0.4) is 0 Å². The fraction of sp³-hybridized carbons (Fsp3) is 0.240. The highest BCUT2D eigenvalue weighted by atomic mass is 16.5. The second-order valence-corrected chi connectivity index (χ2v) is 14.2. The summed E-state index contributed by atoms with van der Waals surface area (Å²) in [6.45, 7) is 9.03. The number of benzene rings is 6. The molecule has 0 amide bonds. The highest BCUT2D eigenvalue weighted by Gasteiger charge is 2.22. The lowest BCUT2D eigenvalue weighted by molar-refractivity contribution is 0.176. The van der Waals surface area contributed by atoms with Crippen LogP contribution < -0.4 is 18.9 Å². The molecule has 6 heteroatoms. The van der Waals surface area contributed by atoms with Gasteiger partial charge in [-0.3, -0.25) is 9.80 Å². The molecule has 0 saturated carbocycles.